The van der Waals surface area contributed by atoms with Crippen LogP contribution in [0.3, 0.4) is 0 Å². The van der Waals surface area contributed by atoms with Crippen LogP contribution < -0.4 is 10.6 Å². The highest BCUT2D eigenvalue weighted by Crippen LogP contribution is 2.37. The van der Waals surface area contributed by atoms with Gasteiger partial charge in [-0.2, -0.15) is 26.3 Å². The van der Waals surface area contributed by atoms with Crippen molar-refractivity contribution in [1.82, 2.24) is 4.90 Å². The normalized spacial score (nSPS) is 14.2. The molecule has 0 saturated heterocycles. The summed E-state index contributed by atoms with van der Waals surface area (Å²) in [6.45, 7) is 2.59. The van der Waals surface area contributed by atoms with Gasteiger partial charge < -0.3 is 20.5 Å². The monoisotopic (exact) mass is 644 g/mol. The molecule has 0 heterocycles. The Balaban J connectivity index is 1.77. The van der Waals surface area contributed by atoms with Gasteiger partial charge in [0.1, 0.15) is 6.61 Å². The van der Waals surface area contributed by atoms with Crippen molar-refractivity contribution in [3.05, 3.63) is 63.7 Å². The Morgan fingerprint density at radius 1 is 0.933 bits per heavy atom. The summed E-state index contributed by atoms with van der Waals surface area (Å²) >= 11 is 0. The summed E-state index contributed by atoms with van der Waals surface area (Å²) in [4.78, 5) is 27.0. The van der Waals surface area contributed by atoms with Crippen LogP contribution in [0.4, 0.5) is 36.8 Å². The second kappa shape index (κ2) is 14.9. The number of nitrogens with one attached hydrogen (secondary N) is 1. The van der Waals surface area contributed by atoms with E-state index in [0.29, 0.717) is 24.2 Å². The number of hydrogen-bond acceptors (Lipinski definition) is 4. The molecule has 0 bridgehead atoms. The molecule has 1 aliphatic carbocycles. The van der Waals surface area contributed by atoms with E-state index in [4.69, 9.17) is 15.9 Å². The number of unbranched alkanes of at least 4 members (excludes halogenated alkanes) is 1. The van der Waals surface area contributed by atoms with Gasteiger partial charge in [0.05, 0.1) is 22.7 Å². The number of hydrogen-bond donors (Lipinski definition) is 3. The summed E-state index contributed by atoms with van der Waals surface area (Å²) in [5.41, 5.74) is 6.16. The standard InChI is InChI=1S/C31H38F6N4O4/c1-19-12-22-8-4-3-5-9-23(22)15-26(19)41(29(44)45-18-20(2)27(42)43)11-7-6-10-40(28(38)39)17-21-13-24(30(32,33)34)16-25(14-21)31(35,36)37/h12-16,20H,3-11,17-18H2,1-2H3,(H3,38,39)(H,42,43). The van der Waals surface area contributed by atoms with E-state index in [1.807, 2.05) is 19.1 Å². The van der Waals surface area contributed by atoms with Crippen molar-refractivity contribution in [1.29, 1.82) is 5.41 Å². The number of aliphatic carboxylic acids is 1. The third-order valence-corrected chi connectivity index (χ3v) is 7.72. The molecule has 0 radical (unpaired) electrons. The summed E-state index contributed by atoms with van der Waals surface area (Å²) in [7, 11) is 0. The number of amides is 1. The zero-order valence-electron chi connectivity index (χ0n) is 25.2. The highest BCUT2D eigenvalue weighted by Gasteiger charge is 2.37. The molecule has 8 nitrogen and oxygen atoms in total. The quantitative estimate of drug-likeness (QED) is 0.0787. The maximum atomic E-state index is 13.3. The minimum absolute atomic E-state index is 0.00896. The molecular weight excluding hydrogens is 606 g/mol. The third kappa shape index (κ3) is 10.0. The smallest absolute Gasteiger partial charge is 0.416 e. The zero-order valence-corrected chi connectivity index (χ0v) is 25.2. The van der Waals surface area contributed by atoms with Crippen molar-refractivity contribution < 1.29 is 45.8 Å². The van der Waals surface area contributed by atoms with Gasteiger partial charge >= 0.3 is 24.4 Å². The molecule has 0 fully saturated rings. The largest absolute Gasteiger partial charge is 0.481 e. The van der Waals surface area contributed by atoms with Gasteiger partial charge in [0, 0.05) is 19.6 Å². The Morgan fingerprint density at radius 2 is 1.49 bits per heavy atom. The van der Waals surface area contributed by atoms with Crippen LogP contribution in [-0.2, 0) is 41.3 Å². The zero-order chi connectivity index (χ0) is 33.5. The molecule has 45 heavy (non-hydrogen) atoms. The number of carbonyl (C=O) groups is 2. The number of rotatable bonds is 11. The molecule has 1 unspecified atom stereocenters. The molecular formula is C31H38F6N4O4. The molecule has 248 valence electrons. The van der Waals surface area contributed by atoms with Crippen molar-refractivity contribution in [3.63, 3.8) is 0 Å². The van der Waals surface area contributed by atoms with E-state index in [9.17, 15) is 41.0 Å². The van der Waals surface area contributed by atoms with Gasteiger partial charge in [-0.25, -0.2) is 4.79 Å². The fourth-order valence-electron chi connectivity index (χ4n) is 5.21. The predicted octanol–water partition coefficient (Wildman–Crippen LogP) is 7.14. The Labute approximate surface area is 257 Å². The van der Waals surface area contributed by atoms with Crippen LogP contribution in [0, 0.1) is 18.3 Å². The number of nitrogens with two attached hydrogens (primary N) is 1. The van der Waals surface area contributed by atoms with Crippen LogP contribution in [0.25, 0.3) is 0 Å². The Bertz CT molecular complexity index is 1350. The van der Waals surface area contributed by atoms with E-state index >= 15 is 0 Å². The number of ether oxygens (including phenoxy) is 1. The van der Waals surface area contributed by atoms with E-state index in [1.165, 1.54) is 17.4 Å². The van der Waals surface area contributed by atoms with E-state index in [1.54, 1.807) is 0 Å². The number of halogens is 6. The molecule has 2 aromatic rings. The number of fused-ring (bicyclic) bond motifs is 1. The summed E-state index contributed by atoms with van der Waals surface area (Å²) in [6, 6.07) is 5.23. The third-order valence-electron chi connectivity index (χ3n) is 7.72. The molecule has 0 spiro atoms. The Morgan fingerprint density at radius 3 is 2.02 bits per heavy atom. The maximum Gasteiger partial charge on any atom is 0.416 e. The molecule has 0 aromatic heterocycles. The molecule has 3 rings (SSSR count). The molecule has 0 aliphatic heterocycles. The summed E-state index contributed by atoms with van der Waals surface area (Å²) in [6.07, 6.45) is -5.25. The van der Waals surface area contributed by atoms with Crippen molar-refractivity contribution >= 4 is 23.7 Å². The molecule has 1 amide bonds. The number of anilines is 1. The van der Waals surface area contributed by atoms with E-state index in [-0.39, 0.29) is 37.7 Å². The van der Waals surface area contributed by atoms with Gasteiger partial charge in [0.2, 0.25) is 0 Å². The SMILES string of the molecule is Cc1cc2c(cc1N(CCCCN(Cc1cc(C(F)(F)F)cc(C(F)(F)F)c1)C(=N)N)C(=O)OCC(C)C(=O)O)CCCCC2. The molecule has 4 N–H and O–H groups in total. The van der Waals surface area contributed by atoms with E-state index in [2.05, 4.69) is 0 Å². The van der Waals surface area contributed by atoms with E-state index in [0.717, 1.165) is 48.1 Å². The minimum Gasteiger partial charge on any atom is -0.481 e. The number of benzene rings is 2. The van der Waals surface area contributed by atoms with Gasteiger partial charge in [-0.1, -0.05) is 12.5 Å². The van der Waals surface area contributed by atoms with Crippen molar-refractivity contribution in [2.24, 2.45) is 11.7 Å². The van der Waals surface area contributed by atoms with Gasteiger partial charge in [-0.05, 0) is 98.9 Å². The number of carbonyl (C=O) groups excluding carboxylic acids is 1. The number of nitrogens with zero attached hydrogens (tertiary/aromatic N) is 2. The Hall–Kier alpha value is -3.97. The van der Waals surface area contributed by atoms with Gasteiger partial charge in [0.15, 0.2) is 5.96 Å². The molecule has 14 heteroatoms. The van der Waals surface area contributed by atoms with Crippen LogP contribution in [0.1, 0.15) is 72.4 Å². The predicted molar refractivity (Wildman–Crippen MR) is 156 cm³/mol. The van der Waals surface area contributed by atoms with Gasteiger partial charge in [-0.3, -0.25) is 15.1 Å². The fraction of sp³-hybridized carbons (Fsp3) is 0.516. The molecule has 1 aliphatic rings. The molecule has 2 aromatic carbocycles. The summed E-state index contributed by atoms with van der Waals surface area (Å²) in [5, 5.41) is 17.1. The lowest BCUT2D eigenvalue weighted by atomic mass is 9.98. The van der Waals surface area contributed by atoms with Crippen LogP contribution in [0.5, 0.6) is 0 Å². The van der Waals surface area contributed by atoms with Crippen molar-refractivity contribution in [2.75, 3.05) is 24.6 Å². The van der Waals surface area contributed by atoms with Crippen molar-refractivity contribution in [3.8, 4) is 0 Å². The second-order valence-corrected chi connectivity index (χ2v) is 11.4. The van der Waals surface area contributed by atoms with Crippen LogP contribution >= 0.6 is 0 Å². The van der Waals surface area contributed by atoms with Gasteiger partial charge in [-0.15, -0.1) is 0 Å². The van der Waals surface area contributed by atoms with Crippen LogP contribution in [0.2, 0.25) is 0 Å². The average molecular weight is 645 g/mol. The molecule has 0 saturated carbocycles. The lowest BCUT2D eigenvalue weighted by Gasteiger charge is -2.27. The number of alkyl halides is 6. The van der Waals surface area contributed by atoms with Crippen molar-refractivity contribution in [2.45, 2.75) is 77.7 Å². The molecule has 1 atom stereocenters. The second-order valence-electron chi connectivity index (χ2n) is 11.4. The Kier molecular flexibility index (Phi) is 11.7. The first-order valence-electron chi connectivity index (χ1n) is 14.6. The van der Waals surface area contributed by atoms with Crippen LogP contribution in [0.15, 0.2) is 30.3 Å². The topological polar surface area (TPSA) is 120 Å². The number of carboxylic acid groups (broad SMARTS) is 1. The maximum absolute atomic E-state index is 13.3. The lowest BCUT2D eigenvalue weighted by molar-refractivity contribution is -0.144. The first-order valence-corrected chi connectivity index (χ1v) is 14.6. The van der Waals surface area contributed by atoms with Crippen LogP contribution in [-0.4, -0.2) is 47.7 Å². The highest BCUT2D eigenvalue weighted by atomic mass is 19.4. The average Bonchev–Trinajstić information content (AvgIpc) is 3.18. The fourth-order valence-corrected chi connectivity index (χ4v) is 5.21. The first kappa shape index (κ1) is 35.5. The first-order chi connectivity index (χ1) is 21.0. The highest BCUT2D eigenvalue weighted by molar-refractivity contribution is 5.89. The number of aryl methyl sites for hydroxylation is 3. The van der Waals surface area contributed by atoms with E-state index < -0.39 is 54.0 Å². The summed E-state index contributed by atoms with van der Waals surface area (Å²) in [5.74, 6) is -2.59. The number of guanidine groups is 1. The number of carboxylic acids is 1. The summed E-state index contributed by atoms with van der Waals surface area (Å²) < 4.78 is 85.3. The minimum atomic E-state index is -5.01. The van der Waals surface area contributed by atoms with Gasteiger partial charge in [0.25, 0.3) is 0 Å². The lowest BCUT2D eigenvalue weighted by Crippen LogP contribution is -2.38.